The number of benzene rings is 1. The van der Waals surface area contributed by atoms with E-state index in [1.165, 1.54) is 6.07 Å². The van der Waals surface area contributed by atoms with Crippen LogP contribution in [0.5, 0.6) is 0 Å². The maximum atomic E-state index is 13.5. The largest absolute Gasteiger partial charge is 0.388 e. The number of hydrogen-bond acceptors (Lipinski definition) is 2. The maximum absolute atomic E-state index is 13.5. The molecular formula is C12H13FN2. The van der Waals surface area contributed by atoms with Crippen molar-refractivity contribution in [1.82, 2.24) is 4.98 Å². The van der Waals surface area contributed by atoms with Crippen molar-refractivity contribution in [1.29, 1.82) is 0 Å². The molecule has 1 N–H and O–H groups in total. The Kier molecular flexibility index (Phi) is 2.54. The van der Waals surface area contributed by atoms with Crippen LogP contribution in [-0.2, 0) is 6.42 Å². The average Bonchev–Trinajstić information content (AvgIpc) is 2.28. The number of halogens is 1. The molecule has 0 bridgehead atoms. The van der Waals surface area contributed by atoms with E-state index in [2.05, 4.69) is 10.3 Å². The average molecular weight is 204 g/mol. The second-order valence-electron chi connectivity index (χ2n) is 3.40. The summed E-state index contributed by atoms with van der Waals surface area (Å²) in [4.78, 5) is 4.29. The van der Waals surface area contributed by atoms with Crippen molar-refractivity contribution in [3.8, 4) is 0 Å². The lowest BCUT2D eigenvalue weighted by Crippen LogP contribution is -1.97. The van der Waals surface area contributed by atoms with E-state index in [1.807, 2.05) is 26.1 Å². The van der Waals surface area contributed by atoms with E-state index in [9.17, 15) is 4.39 Å². The first-order chi connectivity index (χ1) is 7.26. The van der Waals surface area contributed by atoms with Crippen LogP contribution in [0.1, 0.15) is 12.6 Å². The third kappa shape index (κ3) is 1.65. The second kappa shape index (κ2) is 3.85. The van der Waals surface area contributed by atoms with Crippen molar-refractivity contribution >= 4 is 16.6 Å². The summed E-state index contributed by atoms with van der Waals surface area (Å²) in [5.41, 5.74) is 2.27. The van der Waals surface area contributed by atoms with E-state index in [4.69, 9.17) is 0 Å². The van der Waals surface area contributed by atoms with Gasteiger partial charge in [-0.3, -0.25) is 0 Å². The number of nitrogens with zero attached hydrogens (tertiary/aromatic N) is 1. The first-order valence-corrected chi connectivity index (χ1v) is 5.02. The highest BCUT2D eigenvalue weighted by molar-refractivity contribution is 5.91. The Morgan fingerprint density at radius 2 is 2.20 bits per heavy atom. The lowest BCUT2D eigenvalue weighted by atomic mass is 10.1. The fraction of sp³-hybridized carbons (Fsp3) is 0.250. The van der Waals surface area contributed by atoms with Gasteiger partial charge in [0.1, 0.15) is 11.3 Å². The lowest BCUT2D eigenvalue weighted by molar-refractivity contribution is 0.636. The molecule has 0 saturated heterocycles. The SMILES string of the molecule is CCc1cc(NC)c2cccc(F)c2n1. The van der Waals surface area contributed by atoms with Crippen molar-refractivity contribution in [2.75, 3.05) is 12.4 Å². The number of nitrogens with one attached hydrogen (secondary N) is 1. The van der Waals surface area contributed by atoms with E-state index in [0.717, 1.165) is 23.2 Å². The molecule has 0 aliphatic carbocycles. The fourth-order valence-electron chi connectivity index (χ4n) is 1.65. The number of hydrogen-bond donors (Lipinski definition) is 1. The van der Waals surface area contributed by atoms with Gasteiger partial charge >= 0.3 is 0 Å². The Morgan fingerprint density at radius 1 is 1.40 bits per heavy atom. The Morgan fingerprint density at radius 3 is 2.87 bits per heavy atom. The van der Waals surface area contributed by atoms with Gasteiger partial charge in [-0.25, -0.2) is 9.37 Å². The van der Waals surface area contributed by atoms with Gasteiger partial charge in [-0.15, -0.1) is 0 Å². The molecule has 2 nitrogen and oxygen atoms in total. The summed E-state index contributed by atoms with van der Waals surface area (Å²) in [6.45, 7) is 2.01. The highest BCUT2D eigenvalue weighted by Gasteiger charge is 2.07. The molecule has 2 rings (SSSR count). The summed E-state index contributed by atoms with van der Waals surface area (Å²) < 4.78 is 13.5. The zero-order valence-corrected chi connectivity index (χ0v) is 8.84. The molecule has 78 valence electrons. The van der Waals surface area contributed by atoms with E-state index < -0.39 is 0 Å². The van der Waals surface area contributed by atoms with Crippen LogP contribution in [0.25, 0.3) is 10.9 Å². The molecule has 0 atom stereocenters. The molecule has 2 aromatic rings. The van der Waals surface area contributed by atoms with Gasteiger partial charge in [0.25, 0.3) is 0 Å². The summed E-state index contributed by atoms with van der Waals surface area (Å²) in [6.07, 6.45) is 0.805. The molecule has 0 unspecified atom stereocenters. The van der Waals surface area contributed by atoms with Crippen molar-refractivity contribution in [3.63, 3.8) is 0 Å². The van der Waals surface area contributed by atoms with E-state index in [-0.39, 0.29) is 5.82 Å². The van der Waals surface area contributed by atoms with Gasteiger partial charge in [0.2, 0.25) is 0 Å². The van der Waals surface area contributed by atoms with Crippen LogP contribution in [0.4, 0.5) is 10.1 Å². The quantitative estimate of drug-likeness (QED) is 0.813. The van der Waals surface area contributed by atoms with Crippen molar-refractivity contribution < 1.29 is 4.39 Å². The zero-order chi connectivity index (χ0) is 10.8. The van der Waals surface area contributed by atoms with Gasteiger partial charge in [0.15, 0.2) is 0 Å². The first-order valence-electron chi connectivity index (χ1n) is 5.02. The van der Waals surface area contributed by atoms with Gasteiger partial charge in [-0.05, 0) is 18.6 Å². The molecule has 15 heavy (non-hydrogen) atoms. The number of anilines is 1. The standard InChI is InChI=1S/C12H13FN2/c1-3-8-7-11(14-2)9-5-4-6-10(13)12(9)15-8/h4-7H,3H2,1-2H3,(H,14,15). The molecule has 0 spiro atoms. The van der Waals surface area contributed by atoms with Crippen LogP contribution in [0, 0.1) is 5.82 Å². The zero-order valence-electron chi connectivity index (χ0n) is 8.84. The van der Waals surface area contributed by atoms with Crippen LogP contribution in [0.3, 0.4) is 0 Å². The summed E-state index contributed by atoms with van der Waals surface area (Å²) in [6, 6.07) is 6.97. The normalized spacial score (nSPS) is 10.6. The Labute approximate surface area is 88.1 Å². The molecule has 1 aromatic carbocycles. The lowest BCUT2D eigenvalue weighted by Gasteiger charge is -2.08. The predicted octanol–water partition coefficient (Wildman–Crippen LogP) is 2.98. The molecule has 0 fully saturated rings. The van der Waals surface area contributed by atoms with Crippen molar-refractivity contribution in [2.45, 2.75) is 13.3 Å². The van der Waals surface area contributed by atoms with E-state index in [1.54, 1.807) is 6.07 Å². The number of rotatable bonds is 2. The van der Waals surface area contributed by atoms with Gasteiger partial charge < -0.3 is 5.32 Å². The van der Waals surface area contributed by atoms with E-state index in [0.29, 0.717) is 5.52 Å². The highest BCUT2D eigenvalue weighted by atomic mass is 19.1. The number of aryl methyl sites for hydroxylation is 1. The minimum Gasteiger partial charge on any atom is -0.388 e. The van der Waals surface area contributed by atoms with Crippen LogP contribution >= 0.6 is 0 Å². The van der Waals surface area contributed by atoms with Crippen molar-refractivity contribution in [3.05, 3.63) is 35.8 Å². The fourth-order valence-corrected chi connectivity index (χ4v) is 1.65. The first kappa shape index (κ1) is 9.90. The number of aromatic nitrogens is 1. The highest BCUT2D eigenvalue weighted by Crippen LogP contribution is 2.24. The smallest absolute Gasteiger partial charge is 0.149 e. The number of fused-ring (bicyclic) bond motifs is 1. The summed E-state index contributed by atoms with van der Waals surface area (Å²) >= 11 is 0. The molecule has 0 radical (unpaired) electrons. The minimum atomic E-state index is -0.265. The topological polar surface area (TPSA) is 24.9 Å². The van der Waals surface area contributed by atoms with Gasteiger partial charge in [-0.1, -0.05) is 19.1 Å². The molecule has 1 heterocycles. The molecule has 0 saturated carbocycles. The Balaban J connectivity index is 2.80. The summed E-state index contributed by atoms with van der Waals surface area (Å²) in [5, 5.41) is 3.89. The Bertz CT molecular complexity index is 494. The van der Waals surface area contributed by atoms with Gasteiger partial charge in [0, 0.05) is 23.8 Å². The molecule has 0 amide bonds. The van der Waals surface area contributed by atoms with Crippen molar-refractivity contribution in [2.24, 2.45) is 0 Å². The molecule has 1 aromatic heterocycles. The van der Waals surface area contributed by atoms with Gasteiger partial charge in [-0.2, -0.15) is 0 Å². The molecular weight excluding hydrogens is 191 g/mol. The summed E-state index contributed by atoms with van der Waals surface area (Å²) in [5.74, 6) is -0.265. The molecule has 0 aliphatic heterocycles. The maximum Gasteiger partial charge on any atom is 0.149 e. The minimum absolute atomic E-state index is 0.265. The predicted molar refractivity (Wildman–Crippen MR) is 60.6 cm³/mol. The summed E-state index contributed by atoms with van der Waals surface area (Å²) in [7, 11) is 1.83. The van der Waals surface area contributed by atoms with Crippen LogP contribution in [0.2, 0.25) is 0 Å². The number of pyridine rings is 1. The third-order valence-corrected chi connectivity index (χ3v) is 2.47. The van der Waals surface area contributed by atoms with Crippen LogP contribution in [-0.4, -0.2) is 12.0 Å². The van der Waals surface area contributed by atoms with E-state index >= 15 is 0 Å². The third-order valence-electron chi connectivity index (χ3n) is 2.47. The molecule has 3 heteroatoms. The second-order valence-corrected chi connectivity index (χ2v) is 3.40. The van der Waals surface area contributed by atoms with Crippen LogP contribution in [0.15, 0.2) is 24.3 Å². The van der Waals surface area contributed by atoms with Crippen LogP contribution < -0.4 is 5.32 Å². The Hall–Kier alpha value is -1.64. The molecule has 0 aliphatic rings. The monoisotopic (exact) mass is 204 g/mol. The van der Waals surface area contributed by atoms with Gasteiger partial charge in [0.05, 0.1) is 0 Å². The number of para-hydroxylation sites is 1.